The number of rotatable bonds is 7. The number of carbonyl (C=O) groups is 1. The van der Waals surface area contributed by atoms with Crippen LogP contribution in [0.5, 0.6) is 11.6 Å². The van der Waals surface area contributed by atoms with E-state index in [1.165, 1.54) is 12.3 Å². The highest BCUT2D eigenvalue weighted by Gasteiger charge is 2.31. The smallest absolute Gasteiger partial charge is 0.480 e. The predicted octanol–water partition coefficient (Wildman–Crippen LogP) is 5.43. The maximum Gasteiger partial charge on any atom is 0.574 e. The van der Waals surface area contributed by atoms with E-state index < -0.39 is 18.2 Å². The molecule has 0 unspecified atom stereocenters. The third kappa shape index (κ3) is 5.89. The fourth-order valence-corrected chi connectivity index (χ4v) is 3.16. The van der Waals surface area contributed by atoms with Crippen molar-refractivity contribution < 1.29 is 32.2 Å². The summed E-state index contributed by atoms with van der Waals surface area (Å²) in [7, 11) is 0. The molecule has 1 heterocycles. The topological polar surface area (TPSA) is 57.7 Å². The molecule has 0 fully saturated rings. The van der Waals surface area contributed by atoms with Crippen LogP contribution in [0.4, 0.5) is 13.2 Å². The fraction of sp³-hybridized carbons (Fsp3) is 0.333. The summed E-state index contributed by atoms with van der Waals surface area (Å²) in [6.45, 7) is 5.36. The number of hydrogen-bond donors (Lipinski definition) is 0. The highest BCUT2D eigenvalue weighted by molar-refractivity contribution is 9.08. The Kier molecular flexibility index (Phi) is 8.12. The van der Waals surface area contributed by atoms with Gasteiger partial charge in [-0.3, -0.25) is 0 Å². The van der Waals surface area contributed by atoms with Crippen molar-refractivity contribution in [1.82, 2.24) is 4.98 Å². The third-order valence-corrected chi connectivity index (χ3v) is 4.57. The van der Waals surface area contributed by atoms with Gasteiger partial charge in [0.15, 0.2) is 0 Å². The highest BCUT2D eigenvalue weighted by atomic mass is 79.9. The molecule has 0 N–H and O–H groups in total. The van der Waals surface area contributed by atoms with E-state index in [9.17, 15) is 18.0 Å². The Morgan fingerprint density at radius 3 is 2.57 bits per heavy atom. The second-order valence-corrected chi connectivity index (χ2v) is 6.48. The molecule has 9 heteroatoms. The molecule has 160 valence electrons. The largest absolute Gasteiger partial charge is 0.574 e. The Morgan fingerprint density at radius 1 is 1.30 bits per heavy atom. The molecule has 0 bridgehead atoms. The molecule has 1 aromatic heterocycles. The monoisotopic (exact) mass is 485 g/mol. The molecule has 2 rings (SSSR count). The van der Waals surface area contributed by atoms with Crippen molar-refractivity contribution in [3.05, 3.63) is 41.1 Å². The van der Waals surface area contributed by atoms with Crippen LogP contribution in [0.3, 0.4) is 0 Å². The molecule has 2 aromatic rings. The van der Waals surface area contributed by atoms with Crippen LogP contribution in [0.1, 0.15) is 35.3 Å². The van der Waals surface area contributed by atoms with Gasteiger partial charge in [0, 0.05) is 23.2 Å². The van der Waals surface area contributed by atoms with E-state index in [1.54, 1.807) is 26.8 Å². The molecule has 1 aromatic carbocycles. The number of aromatic nitrogens is 1. The van der Waals surface area contributed by atoms with E-state index in [4.69, 9.17) is 9.47 Å². The lowest BCUT2D eigenvalue weighted by Crippen LogP contribution is -2.17. The summed E-state index contributed by atoms with van der Waals surface area (Å²) in [5.41, 5.74) is 2.66. The molecule has 0 aliphatic carbocycles. The zero-order valence-electron chi connectivity index (χ0n) is 16.5. The minimum Gasteiger partial charge on any atom is -0.480 e. The number of pyridine rings is 1. The van der Waals surface area contributed by atoms with E-state index in [1.807, 2.05) is 0 Å². The highest BCUT2D eigenvalue weighted by Crippen LogP contribution is 2.37. The number of nitrogens with zero attached hydrogens (tertiary/aromatic N) is 1. The SMILES string of the molecule is CC#CCOc1c(C)c(-c2ccc(OC(F)(F)F)nc2)cc(CBr)c1C(=O)OCC. The Morgan fingerprint density at radius 2 is 2.03 bits per heavy atom. The van der Waals surface area contributed by atoms with Gasteiger partial charge in [-0.15, -0.1) is 19.1 Å². The average molecular weight is 486 g/mol. The number of alkyl halides is 4. The van der Waals surface area contributed by atoms with Gasteiger partial charge in [-0.1, -0.05) is 21.9 Å². The van der Waals surface area contributed by atoms with Gasteiger partial charge < -0.3 is 14.2 Å². The van der Waals surface area contributed by atoms with Crippen molar-refractivity contribution in [3.8, 4) is 34.6 Å². The van der Waals surface area contributed by atoms with E-state index in [2.05, 4.69) is 37.5 Å². The van der Waals surface area contributed by atoms with E-state index in [0.717, 1.165) is 6.07 Å². The van der Waals surface area contributed by atoms with Crippen molar-refractivity contribution in [1.29, 1.82) is 0 Å². The number of benzene rings is 1. The normalized spacial score (nSPS) is 10.8. The van der Waals surface area contributed by atoms with Gasteiger partial charge >= 0.3 is 12.3 Å². The van der Waals surface area contributed by atoms with Crippen molar-refractivity contribution in [2.45, 2.75) is 32.5 Å². The molecule has 5 nitrogen and oxygen atoms in total. The lowest BCUT2D eigenvalue weighted by Gasteiger charge is -2.19. The van der Waals surface area contributed by atoms with Crippen LogP contribution < -0.4 is 9.47 Å². The summed E-state index contributed by atoms with van der Waals surface area (Å²) in [4.78, 5) is 16.3. The second-order valence-electron chi connectivity index (χ2n) is 5.91. The van der Waals surface area contributed by atoms with Gasteiger partial charge in [0.2, 0.25) is 5.88 Å². The van der Waals surface area contributed by atoms with E-state index in [0.29, 0.717) is 33.3 Å². The molecule has 0 spiro atoms. The maximum atomic E-state index is 12.6. The molecule has 0 aliphatic rings. The van der Waals surface area contributed by atoms with E-state index in [-0.39, 0.29) is 18.8 Å². The van der Waals surface area contributed by atoms with Crippen molar-refractivity contribution in [2.75, 3.05) is 13.2 Å². The lowest BCUT2D eigenvalue weighted by molar-refractivity contribution is -0.276. The first-order chi connectivity index (χ1) is 14.2. The van der Waals surface area contributed by atoms with Crippen LogP contribution in [-0.4, -0.2) is 30.5 Å². The average Bonchev–Trinajstić information content (AvgIpc) is 2.68. The van der Waals surface area contributed by atoms with Gasteiger partial charge in [0.1, 0.15) is 17.9 Å². The zero-order valence-corrected chi connectivity index (χ0v) is 18.1. The molecule has 0 saturated heterocycles. The van der Waals surface area contributed by atoms with Gasteiger partial charge in [-0.05, 0) is 49.6 Å². The summed E-state index contributed by atoms with van der Waals surface area (Å²) in [5, 5.41) is 0.326. The molecule has 0 radical (unpaired) electrons. The van der Waals surface area contributed by atoms with Gasteiger partial charge in [-0.25, -0.2) is 9.78 Å². The van der Waals surface area contributed by atoms with E-state index >= 15 is 0 Å². The Hall–Kier alpha value is -2.73. The first-order valence-corrected chi connectivity index (χ1v) is 9.98. The first-order valence-electron chi connectivity index (χ1n) is 8.85. The number of hydrogen-bond acceptors (Lipinski definition) is 5. The van der Waals surface area contributed by atoms with Crippen molar-refractivity contribution in [3.63, 3.8) is 0 Å². The Labute approximate surface area is 180 Å². The van der Waals surface area contributed by atoms with Crippen LogP contribution in [0.15, 0.2) is 24.4 Å². The predicted molar refractivity (Wildman–Crippen MR) is 109 cm³/mol. The minimum atomic E-state index is -4.82. The molecule has 0 amide bonds. The molecular formula is C21H19BrF3NO4. The van der Waals surface area contributed by atoms with Crippen LogP contribution in [0.2, 0.25) is 0 Å². The van der Waals surface area contributed by atoms with Gasteiger partial charge in [-0.2, -0.15) is 0 Å². The zero-order chi connectivity index (χ0) is 22.3. The van der Waals surface area contributed by atoms with Gasteiger partial charge in [0.25, 0.3) is 0 Å². The minimum absolute atomic E-state index is 0.0610. The summed E-state index contributed by atoms with van der Waals surface area (Å²) in [6, 6.07) is 4.32. The third-order valence-electron chi connectivity index (χ3n) is 3.97. The van der Waals surface area contributed by atoms with Gasteiger partial charge in [0.05, 0.1) is 6.61 Å². The molecule has 0 aliphatic heterocycles. The molecule has 0 saturated carbocycles. The lowest BCUT2D eigenvalue weighted by atomic mass is 9.94. The second kappa shape index (κ2) is 10.3. The summed E-state index contributed by atoms with van der Waals surface area (Å²) in [5.74, 6) is 4.69. The fourth-order valence-electron chi connectivity index (χ4n) is 2.72. The quantitative estimate of drug-likeness (QED) is 0.297. The van der Waals surface area contributed by atoms with Crippen LogP contribution in [0, 0.1) is 18.8 Å². The number of halogens is 4. The van der Waals surface area contributed by atoms with Crippen molar-refractivity contribution >= 4 is 21.9 Å². The number of ether oxygens (including phenoxy) is 3. The standard InChI is InChI=1S/C21H19BrF3NO4/c1-4-6-9-29-19-13(3)16(10-15(11-22)18(19)20(27)28-5-2)14-7-8-17(26-12-14)30-21(23,24)25/h7-8,10,12H,5,9,11H2,1-3H3. The number of esters is 1. The Balaban J connectivity index is 2.58. The number of carbonyl (C=O) groups excluding carboxylic acids is 1. The molecule has 30 heavy (non-hydrogen) atoms. The molecular weight excluding hydrogens is 467 g/mol. The molecule has 0 atom stereocenters. The summed E-state index contributed by atoms with van der Waals surface area (Å²) >= 11 is 3.37. The summed E-state index contributed by atoms with van der Waals surface area (Å²) < 4.78 is 51.9. The van der Waals surface area contributed by atoms with Crippen molar-refractivity contribution in [2.24, 2.45) is 0 Å². The maximum absolute atomic E-state index is 12.6. The summed E-state index contributed by atoms with van der Waals surface area (Å²) in [6.07, 6.45) is -3.56. The van der Waals surface area contributed by atoms with Crippen LogP contribution in [-0.2, 0) is 10.1 Å². The van der Waals surface area contributed by atoms with Crippen LogP contribution >= 0.6 is 15.9 Å². The van der Waals surface area contributed by atoms with Crippen LogP contribution in [0.25, 0.3) is 11.1 Å². The first kappa shape index (κ1) is 23.5. The Bertz CT molecular complexity index is 963.